The van der Waals surface area contributed by atoms with Gasteiger partial charge in [-0.05, 0) is 42.7 Å². The van der Waals surface area contributed by atoms with Crippen molar-refractivity contribution in [3.8, 4) is 5.75 Å². The maximum absolute atomic E-state index is 12.1. The molecule has 1 aromatic carbocycles. The van der Waals surface area contributed by atoms with Crippen molar-refractivity contribution in [1.82, 2.24) is 5.32 Å². The molecule has 0 saturated heterocycles. The summed E-state index contributed by atoms with van der Waals surface area (Å²) in [7, 11) is 0. The van der Waals surface area contributed by atoms with E-state index in [2.05, 4.69) is 15.4 Å². The van der Waals surface area contributed by atoms with Gasteiger partial charge in [0.25, 0.3) is 5.91 Å². The van der Waals surface area contributed by atoms with Crippen LogP contribution in [0.4, 0.5) is 18.2 Å². The van der Waals surface area contributed by atoms with Gasteiger partial charge in [-0.3, -0.25) is 9.59 Å². The molecule has 2 amide bonds. The average Bonchev–Trinajstić information content (AvgIpc) is 3.32. The smallest absolute Gasteiger partial charge is 0.406 e. The Morgan fingerprint density at radius 3 is 2.42 bits per heavy atom. The number of rotatable bonds is 6. The summed E-state index contributed by atoms with van der Waals surface area (Å²) in [6.07, 6.45) is -2.93. The number of amides is 2. The second-order valence-corrected chi connectivity index (χ2v) is 6.89. The molecule has 1 heterocycles. The third kappa shape index (κ3) is 5.22. The van der Waals surface area contributed by atoms with Crippen molar-refractivity contribution in [1.29, 1.82) is 0 Å². The Morgan fingerprint density at radius 1 is 1.12 bits per heavy atom. The van der Waals surface area contributed by atoms with E-state index in [1.54, 1.807) is 12.1 Å². The molecule has 1 aromatic heterocycles. The zero-order valence-electron chi connectivity index (χ0n) is 13.4. The van der Waals surface area contributed by atoms with Gasteiger partial charge in [0.05, 0.1) is 9.88 Å². The Kier molecular flexibility index (Phi) is 5.17. The Balaban J connectivity index is 1.50. The third-order valence-electron chi connectivity index (χ3n) is 3.63. The standard InChI is InChI=1S/C17H15F3N2O3S/c18-17(19,20)25-12-5-1-10(2-6-12)9-21-16(24)13-7-8-14(26-13)22-15(23)11-3-4-11/h1-2,5-8,11H,3-4,9H2,(H,21,24)(H,22,23). The first-order valence-electron chi connectivity index (χ1n) is 7.84. The molecular formula is C17H15F3N2O3S. The molecule has 2 aromatic rings. The molecule has 0 unspecified atom stereocenters. The number of halogens is 3. The Morgan fingerprint density at radius 2 is 1.81 bits per heavy atom. The Labute approximate surface area is 151 Å². The van der Waals surface area contributed by atoms with Gasteiger partial charge in [0, 0.05) is 12.5 Å². The molecule has 1 saturated carbocycles. The van der Waals surface area contributed by atoms with Crippen molar-refractivity contribution in [3.05, 3.63) is 46.8 Å². The number of thiophene rings is 1. The fourth-order valence-corrected chi connectivity index (χ4v) is 3.00. The SMILES string of the molecule is O=C(NCc1ccc(OC(F)(F)F)cc1)c1ccc(NC(=O)C2CC2)s1. The lowest BCUT2D eigenvalue weighted by atomic mass is 10.2. The first kappa shape index (κ1) is 18.2. The molecule has 0 radical (unpaired) electrons. The van der Waals surface area contributed by atoms with Crippen LogP contribution >= 0.6 is 11.3 Å². The van der Waals surface area contributed by atoms with E-state index in [-0.39, 0.29) is 30.0 Å². The highest BCUT2D eigenvalue weighted by Gasteiger charge is 2.31. The summed E-state index contributed by atoms with van der Waals surface area (Å²) in [6, 6.07) is 8.54. The second-order valence-electron chi connectivity index (χ2n) is 5.80. The molecule has 26 heavy (non-hydrogen) atoms. The topological polar surface area (TPSA) is 67.4 Å². The highest BCUT2D eigenvalue weighted by Crippen LogP contribution is 2.31. The summed E-state index contributed by atoms with van der Waals surface area (Å²) in [5, 5.41) is 6.06. The highest BCUT2D eigenvalue weighted by atomic mass is 32.1. The van der Waals surface area contributed by atoms with Crippen LogP contribution in [0.5, 0.6) is 5.75 Å². The van der Waals surface area contributed by atoms with Crippen molar-refractivity contribution in [2.75, 3.05) is 5.32 Å². The van der Waals surface area contributed by atoms with E-state index in [1.165, 1.54) is 35.6 Å². The quantitative estimate of drug-likeness (QED) is 0.793. The number of alkyl halides is 3. The zero-order valence-corrected chi connectivity index (χ0v) is 14.2. The van der Waals surface area contributed by atoms with Gasteiger partial charge < -0.3 is 15.4 Å². The van der Waals surface area contributed by atoms with E-state index in [4.69, 9.17) is 0 Å². The number of benzene rings is 1. The molecule has 1 fully saturated rings. The molecule has 0 spiro atoms. The zero-order chi connectivity index (χ0) is 18.7. The van der Waals surface area contributed by atoms with Crippen molar-refractivity contribution in [2.24, 2.45) is 5.92 Å². The number of carbonyl (C=O) groups is 2. The van der Waals surface area contributed by atoms with Crippen molar-refractivity contribution in [3.63, 3.8) is 0 Å². The first-order chi connectivity index (χ1) is 12.3. The normalized spacial score (nSPS) is 14.0. The number of hydrogen-bond acceptors (Lipinski definition) is 4. The van der Waals surface area contributed by atoms with Gasteiger partial charge >= 0.3 is 6.36 Å². The minimum atomic E-state index is -4.73. The summed E-state index contributed by atoms with van der Waals surface area (Å²) in [5.74, 6) is -0.585. The minimum absolute atomic E-state index is 0.0278. The largest absolute Gasteiger partial charge is 0.573 e. The van der Waals surface area contributed by atoms with Crippen LogP contribution < -0.4 is 15.4 Å². The summed E-state index contributed by atoms with van der Waals surface area (Å²) < 4.78 is 40.1. The molecule has 2 N–H and O–H groups in total. The van der Waals surface area contributed by atoms with Crippen LogP contribution in [0.25, 0.3) is 0 Å². The van der Waals surface area contributed by atoms with Crippen LogP contribution in [0.3, 0.4) is 0 Å². The van der Waals surface area contributed by atoms with Crippen molar-refractivity contribution in [2.45, 2.75) is 25.7 Å². The first-order valence-corrected chi connectivity index (χ1v) is 8.65. The number of hydrogen-bond donors (Lipinski definition) is 2. The van der Waals surface area contributed by atoms with Gasteiger partial charge in [0.15, 0.2) is 0 Å². The molecular weight excluding hydrogens is 369 g/mol. The van der Waals surface area contributed by atoms with E-state index < -0.39 is 6.36 Å². The minimum Gasteiger partial charge on any atom is -0.406 e. The predicted molar refractivity (Wildman–Crippen MR) is 90.0 cm³/mol. The summed E-state index contributed by atoms with van der Waals surface area (Å²) >= 11 is 1.17. The Hall–Kier alpha value is -2.55. The summed E-state index contributed by atoms with van der Waals surface area (Å²) in [4.78, 5) is 24.3. The maximum atomic E-state index is 12.1. The number of carbonyl (C=O) groups excluding carboxylic acids is 2. The average molecular weight is 384 g/mol. The molecule has 5 nitrogen and oxygen atoms in total. The highest BCUT2D eigenvalue weighted by molar-refractivity contribution is 7.18. The van der Waals surface area contributed by atoms with Crippen LogP contribution in [0, 0.1) is 5.92 Å². The van der Waals surface area contributed by atoms with Gasteiger partial charge in [-0.2, -0.15) is 0 Å². The lowest BCUT2D eigenvalue weighted by molar-refractivity contribution is -0.274. The Bertz CT molecular complexity index is 798. The van der Waals surface area contributed by atoms with Gasteiger partial charge in [-0.15, -0.1) is 24.5 Å². The van der Waals surface area contributed by atoms with Crippen LogP contribution in [0.1, 0.15) is 28.1 Å². The van der Waals surface area contributed by atoms with E-state index in [9.17, 15) is 22.8 Å². The van der Waals surface area contributed by atoms with E-state index in [0.717, 1.165) is 12.8 Å². The van der Waals surface area contributed by atoms with Crippen LogP contribution in [-0.2, 0) is 11.3 Å². The molecule has 138 valence electrons. The van der Waals surface area contributed by atoms with E-state index in [1.807, 2.05) is 0 Å². The summed E-state index contributed by atoms with van der Waals surface area (Å²) in [5.41, 5.74) is 0.631. The number of anilines is 1. The molecule has 1 aliphatic carbocycles. The summed E-state index contributed by atoms with van der Waals surface area (Å²) in [6.45, 7) is 0.160. The van der Waals surface area contributed by atoms with Gasteiger partial charge in [-0.25, -0.2) is 0 Å². The van der Waals surface area contributed by atoms with Crippen LogP contribution in [0.15, 0.2) is 36.4 Å². The predicted octanol–water partition coefficient (Wildman–Crippen LogP) is 3.93. The van der Waals surface area contributed by atoms with E-state index in [0.29, 0.717) is 15.4 Å². The number of ether oxygens (including phenoxy) is 1. The fourth-order valence-electron chi connectivity index (χ4n) is 2.17. The van der Waals surface area contributed by atoms with Crippen LogP contribution in [0.2, 0.25) is 0 Å². The van der Waals surface area contributed by atoms with Crippen LogP contribution in [-0.4, -0.2) is 18.2 Å². The molecule has 0 aliphatic heterocycles. The lowest BCUT2D eigenvalue weighted by Gasteiger charge is -2.09. The van der Waals surface area contributed by atoms with Crippen molar-refractivity contribution < 1.29 is 27.5 Å². The monoisotopic (exact) mass is 384 g/mol. The molecule has 1 aliphatic rings. The van der Waals surface area contributed by atoms with Gasteiger partial charge in [0.2, 0.25) is 5.91 Å². The lowest BCUT2D eigenvalue weighted by Crippen LogP contribution is -2.21. The molecule has 0 atom stereocenters. The maximum Gasteiger partial charge on any atom is 0.573 e. The second kappa shape index (κ2) is 7.36. The van der Waals surface area contributed by atoms with E-state index >= 15 is 0 Å². The van der Waals surface area contributed by atoms with Gasteiger partial charge in [0.1, 0.15) is 5.75 Å². The third-order valence-corrected chi connectivity index (χ3v) is 4.63. The molecule has 0 bridgehead atoms. The van der Waals surface area contributed by atoms with Crippen molar-refractivity contribution >= 4 is 28.2 Å². The fraction of sp³-hybridized carbons (Fsp3) is 0.294. The molecule has 9 heteroatoms. The number of nitrogens with one attached hydrogen (secondary N) is 2. The van der Waals surface area contributed by atoms with Gasteiger partial charge in [-0.1, -0.05) is 12.1 Å². The molecule has 3 rings (SSSR count).